The monoisotopic (exact) mass is 240 g/mol. The fraction of sp³-hybridized carbons (Fsp3) is 0.923. The van der Waals surface area contributed by atoms with Crippen molar-refractivity contribution in [3.63, 3.8) is 0 Å². The highest BCUT2D eigenvalue weighted by Crippen LogP contribution is 2.25. The lowest BCUT2D eigenvalue weighted by molar-refractivity contribution is -0.135. The molecule has 1 N–H and O–H groups in total. The molecule has 2 heterocycles. The Labute approximate surface area is 104 Å². The highest BCUT2D eigenvalue weighted by molar-refractivity contribution is 5.85. The molecule has 2 rings (SSSR count). The zero-order chi connectivity index (χ0) is 12.4. The lowest BCUT2D eigenvalue weighted by atomic mass is 10.0. The number of nitrogens with zero attached hydrogens (tertiary/aromatic N) is 1. The zero-order valence-electron chi connectivity index (χ0n) is 11.1. The van der Waals surface area contributed by atoms with Gasteiger partial charge >= 0.3 is 0 Å². The van der Waals surface area contributed by atoms with Crippen LogP contribution in [0.5, 0.6) is 0 Å². The molecule has 0 saturated carbocycles. The van der Waals surface area contributed by atoms with Gasteiger partial charge in [0.25, 0.3) is 0 Å². The molecule has 0 aromatic rings. The largest absolute Gasteiger partial charge is 0.379 e. The van der Waals surface area contributed by atoms with E-state index < -0.39 is 0 Å². The van der Waals surface area contributed by atoms with Crippen LogP contribution in [0, 0.1) is 5.92 Å². The molecule has 2 aliphatic heterocycles. The summed E-state index contributed by atoms with van der Waals surface area (Å²) >= 11 is 0. The number of rotatable bonds is 3. The van der Waals surface area contributed by atoms with Crippen LogP contribution in [0.1, 0.15) is 40.0 Å². The number of hydrogen-bond acceptors (Lipinski definition) is 3. The van der Waals surface area contributed by atoms with Crippen molar-refractivity contribution in [2.75, 3.05) is 13.2 Å². The van der Waals surface area contributed by atoms with Crippen LogP contribution in [0.2, 0.25) is 0 Å². The summed E-state index contributed by atoms with van der Waals surface area (Å²) < 4.78 is 5.51. The molecule has 17 heavy (non-hydrogen) atoms. The van der Waals surface area contributed by atoms with Gasteiger partial charge in [0.15, 0.2) is 0 Å². The molecule has 4 nitrogen and oxygen atoms in total. The second kappa shape index (κ2) is 5.36. The molecule has 2 saturated heterocycles. The van der Waals surface area contributed by atoms with Gasteiger partial charge in [0.1, 0.15) is 0 Å². The van der Waals surface area contributed by atoms with Crippen LogP contribution in [0.15, 0.2) is 0 Å². The number of hydrogen-bond donors (Lipinski definition) is 1. The molecular weight excluding hydrogens is 216 g/mol. The quantitative estimate of drug-likeness (QED) is 0.810. The van der Waals surface area contributed by atoms with Crippen molar-refractivity contribution in [3.8, 4) is 0 Å². The Bertz CT molecular complexity index is 275. The van der Waals surface area contributed by atoms with Crippen LogP contribution in [-0.2, 0) is 9.53 Å². The van der Waals surface area contributed by atoms with Crippen LogP contribution < -0.4 is 5.32 Å². The summed E-state index contributed by atoms with van der Waals surface area (Å²) in [5.74, 6) is 0.619. The smallest absolute Gasteiger partial charge is 0.241 e. The molecule has 98 valence electrons. The summed E-state index contributed by atoms with van der Waals surface area (Å²) in [5, 5.41) is 3.46. The Hall–Kier alpha value is -0.610. The SMILES string of the molecule is CCC1NC(C(C)C)C(=O)N1C1CCCOC1. The minimum absolute atomic E-state index is 0.0122. The van der Waals surface area contributed by atoms with Crippen LogP contribution >= 0.6 is 0 Å². The van der Waals surface area contributed by atoms with Gasteiger partial charge in [-0.05, 0) is 25.2 Å². The molecular formula is C13H24N2O2. The third-order valence-corrected chi connectivity index (χ3v) is 3.81. The van der Waals surface area contributed by atoms with E-state index in [0.717, 1.165) is 25.9 Å². The van der Waals surface area contributed by atoms with Crippen LogP contribution in [0.4, 0.5) is 0 Å². The van der Waals surface area contributed by atoms with Gasteiger partial charge in [-0.25, -0.2) is 0 Å². The zero-order valence-corrected chi connectivity index (χ0v) is 11.1. The van der Waals surface area contributed by atoms with E-state index in [1.54, 1.807) is 0 Å². The third-order valence-electron chi connectivity index (χ3n) is 3.81. The molecule has 0 radical (unpaired) electrons. The molecule has 2 fully saturated rings. The van der Waals surface area contributed by atoms with Gasteiger partial charge in [-0.15, -0.1) is 0 Å². The van der Waals surface area contributed by atoms with E-state index in [9.17, 15) is 4.79 Å². The minimum Gasteiger partial charge on any atom is -0.379 e. The van der Waals surface area contributed by atoms with Crippen LogP contribution in [-0.4, -0.2) is 42.3 Å². The van der Waals surface area contributed by atoms with E-state index in [0.29, 0.717) is 12.5 Å². The summed E-state index contributed by atoms with van der Waals surface area (Å²) in [5.41, 5.74) is 0. The van der Waals surface area contributed by atoms with E-state index in [4.69, 9.17) is 4.74 Å². The number of carbonyl (C=O) groups excluding carboxylic acids is 1. The van der Waals surface area contributed by atoms with Gasteiger partial charge in [-0.2, -0.15) is 0 Å². The first-order valence-electron chi connectivity index (χ1n) is 6.81. The summed E-state index contributed by atoms with van der Waals surface area (Å²) in [6.07, 6.45) is 3.30. The molecule has 3 unspecified atom stereocenters. The number of ether oxygens (including phenoxy) is 1. The number of carbonyl (C=O) groups is 1. The maximum atomic E-state index is 12.4. The van der Waals surface area contributed by atoms with Gasteiger partial charge in [0, 0.05) is 6.61 Å². The molecule has 0 aromatic carbocycles. The van der Waals surface area contributed by atoms with Crippen molar-refractivity contribution in [3.05, 3.63) is 0 Å². The van der Waals surface area contributed by atoms with Crippen molar-refractivity contribution in [2.24, 2.45) is 5.92 Å². The van der Waals surface area contributed by atoms with Gasteiger partial charge in [0.05, 0.1) is 24.9 Å². The fourth-order valence-electron chi connectivity index (χ4n) is 2.84. The maximum Gasteiger partial charge on any atom is 0.241 e. The van der Waals surface area contributed by atoms with Gasteiger partial charge in [0.2, 0.25) is 5.91 Å². The van der Waals surface area contributed by atoms with Crippen molar-refractivity contribution in [2.45, 2.75) is 58.3 Å². The summed E-state index contributed by atoms with van der Waals surface area (Å²) in [4.78, 5) is 14.5. The second-order valence-electron chi connectivity index (χ2n) is 5.43. The average molecular weight is 240 g/mol. The normalized spacial score (nSPS) is 34.7. The molecule has 3 atom stereocenters. The van der Waals surface area contributed by atoms with Gasteiger partial charge in [-0.3, -0.25) is 10.1 Å². The second-order valence-corrected chi connectivity index (χ2v) is 5.43. The minimum atomic E-state index is -0.0122. The Morgan fingerprint density at radius 2 is 2.29 bits per heavy atom. The molecule has 0 spiro atoms. The standard InChI is InChI=1S/C13H24N2O2/c1-4-11-14-12(9(2)3)13(16)15(11)10-6-5-7-17-8-10/h9-12,14H,4-8H2,1-3H3. The number of nitrogens with one attached hydrogen (secondary N) is 1. The molecule has 1 amide bonds. The van der Waals surface area contributed by atoms with E-state index >= 15 is 0 Å². The highest BCUT2D eigenvalue weighted by Gasteiger charge is 2.43. The van der Waals surface area contributed by atoms with Crippen molar-refractivity contribution >= 4 is 5.91 Å². The third kappa shape index (κ3) is 2.47. The molecule has 4 heteroatoms. The first-order valence-corrected chi connectivity index (χ1v) is 6.81. The highest BCUT2D eigenvalue weighted by atomic mass is 16.5. The Balaban J connectivity index is 2.10. The van der Waals surface area contributed by atoms with E-state index in [2.05, 4.69) is 26.1 Å². The summed E-state index contributed by atoms with van der Waals surface area (Å²) in [7, 11) is 0. The Kier molecular flexibility index (Phi) is 4.05. The first-order chi connectivity index (χ1) is 8.15. The Morgan fingerprint density at radius 1 is 1.53 bits per heavy atom. The Morgan fingerprint density at radius 3 is 2.82 bits per heavy atom. The average Bonchev–Trinajstić information content (AvgIpc) is 2.67. The summed E-state index contributed by atoms with van der Waals surface area (Å²) in [6, 6.07) is 0.263. The van der Waals surface area contributed by atoms with Gasteiger partial charge in [-0.1, -0.05) is 20.8 Å². The van der Waals surface area contributed by atoms with Crippen molar-refractivity contribution in [1.29, 1.82) is 0 Å². The number of amides is 1. The van der Waals surface area contributed by atoms with Crippen molar-refractivity contribution in [1.82, 2.24) is 10.2 Å². The predicted molar refractivity (Wildman–Crippen MR) is 66.5 cm³/mol. The van der Waals surface area contributed by atoms with Crippen LogP contribution in [0.25, 0.3) is 0 Å². The van der Waals surface area contributed by atoms with Crippen LogP contribution in [0.3, 0.4) is 0 Å². The van der Waals surface area contributed by atoms with Gasteiger partial charge < -0.3 is 9.64 Å². The van der Waals surface area contributed by atoms with E-state index in [-0.39, 0.29) is 24.2 Å². The van der Waals surface area contributed by atoms with E-state index in [1.807, 2.05) is 4.90 Å². The summed E-state index contributed by atoms with van der Waals surface area (Å²) in [6.45, 7) is 7.88. The fourth-order valence-corrected chi connectivity index (χ4v) is 2.84. The maximum absolute atomic E-state index is 12.4. The molecule has 0 bridgehead atoms. The topological polar surface area (TPSA) is 41.6 Å². The molecule has 0 aromatic heterocycles. The molecule has 2 aliphatic rings. The lowest BCUT2D eigenvalue weighted by Gasteiger charge is -2.34. The predicted octanol–water partition coefficient (Wildman–Crippen LogP) is 1.36. The molecule has 0 aliphatic carbocycles. The first kappa shape index (κ1) is 12.8. The van der Waals surface area contributed by atoms with E-state index in [1.165, 1.54) is 0 Å². The lowest BCUT2D eigenvalue weighted by Crippen LogP contribution is -2.48. The van der Waals surface area contributed by atoms with Crippen molar-refractivity contribution < 1.29 is 9.53 Å².